The fraction of sp³-hybridized carbons (Fsp3) is 0.333. The molecule has 17 heavy (non-hydrogen) atoms. The van der Waals surface area contributed by atoms with Crippen LogP contribution >= 0.6 is 12.2 Å². The third-order valence-corrected chi connectivity index (χ3v) is 2.33. The second-order valence-electron chi connectivity index (χ2n) is 4.20. The Balaban J connectivity index is 2.91. The summed E-state index contributed by atoms with van der Waals surface area (Å²) in [5, 5.41) is 2.68. The average molecular weight is 254 g/mol. The Labute approximate surface area is 105 Å². The molecule has 0 bridgehead atoms. The predicted octanol–water partition coefficient (Wildman–Crippen LogP) is 2.44. The van der Waals surface area contributed by atoms with Gasteiger partial charge in [0.05, 0.1) is 5.69 Å². The highest BCUT2D eigenvalue weighted by Crippen LogP contribution is 2.17. The molecule has 1 aromatic carbocycles. The van der Waals surface area contributed by atoms with E-state index < -0.39 is 5.82 Å². The number of halogens is 1. The summed E-state index contributed by atoms with van der Waals surface area (Å²) in [4.78, 5) is 11.7. The van der Waals surface area contributed by atoms with Crippen LogP contribution in [0.25, 0.3) is 0 Å². The Bertz CT molecular complexity index is 446. The van der Waals surface area contributed by atoms with Crippen molar-refractivity contribution in [1.29, 1.82) is 0 Å². The Hall–Kier alpha value is -1.49. The van der Waals surface area contributed by atoms with E-state index in [4.69, 9.17) is 18.0 Å². The van der Waals surface area contributed by atoms with E-state index in [2.05, 4.69) is 5.32 Å². The molecule has 0 spiro atoms. The van der Waals surface area contributed by atoms with Gasteiger partial charge in [0, 0.05) is 12.0 Å². The number of thiocarbonyl (C=S) groups is 1. The summed E-state index contributed by atoms with van der Waals surface area (Å²) in [6.45, 7) is 3.89. The first-order valence-electron chi connectivity index (χ1n) is 5.29. The van der Waals surface area contributed by atoms with Crippen LogP contribution in [0.3, 0.4) is 0 Å². The van der Waals surface area contributed by atoms with Gasteiger partial charge >= 0.3 is 0 Å². The summed E-state index contributed by atoms with van der Waals surface area (Å²) in [6, 6.07) is 3.93. The molecular weight excluding hydrogens is 239 g/mol. The number of benzene rings is 1. The largest absolute Gasteiger partial charge is 0.389 e. The van der Waals surface area contributed by atoms with Gasteiger partial charge in [0.2, 0.25) is 5.91 Å². The third kappa shape index (κ3) is 4.11. The van der Waals surface area contributed by atoms with E-state index in [9.17, 15) is 9.18 Å². The zero-order chi connectivity index (χ0) is 13.0. The van der Waals surface area contributed by atoms with Gasteiger partial charge in [0.1, 0.15) is 10.8 Å². The van der Waals surface area contributed by atoms with E-state index in [1.807, 2.05) is 13.8 Å². The van der Waals surface area contributed by atoms with Crippen LogP contribution in [0, 0.1) is 11.7 Å². The Morgan fingerprint density at radius 1 is 1.53 bits per heavy atom. The van der Waals surface area contributed by atoms with Gasteiger partial charge in [0.25, 0.3) is 0 Å². The summed E-state index contributed by atoms with van der Waals surface area (Å²) in [5.41, 5.74) is 6.27. The highest BCUT2D eigenvalue weighted by atomic mass is 32.1. The molecule has 0 heterocycles. The molecule has 0 aliphatic rings. The molecule has 1 aromatic rings. The van der Waals surface area contributed by atoms with Gasteiger partial charge in [-0.1, -0.05) is 26.1 Å². The number of amides is 1. The van der Waals surface area contributed by atoms with Crippen LogP contribution in [0.1, 0.15) is 25.8 Å². The zero-order valence-corrected chi connectivity index (χ0v) is 10.6. The fourth-order valence-electron chi connectivity index (χ4n) is 1.40. The smallest absolute Gasteiger partial charge is 0.224 e. The molecule has 1 amide bonds. The van der Waals surface area contributed by atoms with E-state index in [0.717, 1.165) is 0 Å². The summed E-state index contributed by atoms with van der Waals surface area (Å²) in [6.07, 6.45) is 0.397. The van der Waals surface area contributed by atoms with Crippen molar-refractivity contribution in [3.63, 3.8) is 0 Å². The molecule has 92 valence electrons. The van der Waals surface area contributed by atoms with Gasteiger partial charge in [-0.05, 0) is 24.1 Å². The quantitative estimate of drug-likeness (QED) is 0.811. The summed E-state index contributed by atoms with van der Waals surface area (Å²) < 4.78 is 13.0. The second kappa shape index (κ2) is 5.72. The van der Waals surface area contributed by atoms with Gasteiger partial charge in [-0.25, -0.2) is 4.39 Å². The van der Waals surface area contributed by atoms with E-state index >= 15 is 0 Å². The number of hydrogen-bond acceptors (Lipinski definition) is 2. The van der Waals surface area contributed by atoms with Crippen molar-refractivity contribution in [2.24, 2.45) is 11.7 Å². The molecule has 1 rings (SSSR count). The Morgan fingerprint density at radius 3 is 2.71 bits per heavy atom. The van der Waals surface area contributed by atoms with Crippen LogP contribution in [-0.4, -0.2) is 10.9 Å². The first kappa shape index (κ1) is 13.6. The molecule has 0 atom stereocenters. The first-order chi connectivity index (χ1) is 7.90. The van der Waals surface area contributed by atoms with Crippen LogP contribution in [0.5, 0.6) is 0 Å². The SMILES string of the molecule is CC(C)CC(=O)Nc1ccc(F)cc1C(N)=S. The molecular formula is C12H15FN2OS. The number of nitrogens with two attached hydrogens (primary N) is 1. The number of rotatable bonds is 4. The van der Waals surface area contributed by atoms with Crippen molar-refractivity contribution in [1.82, 2.24) is 0 Å². The van der Waals surface area contributed by atoms with E-state index in [-0.39, 0.29) is 16.8 Å². The van der Waals surface area contributed by atoms with Gasteiger partial charge < -0.3 is 11.1 Å². The molecule has 0 unspecified atom stereocenters. The number of anilines is 1. The normalized spacial score (nSPS) is 10.4. The highest BCUT2D eigenvalue weighted by molar-refractivity contribution is 7.80. The lowest BCUT2D eigenvalue weighted by Gasteiger charge is -2.11. The Morgan fingerprint density at radius 2 is 2.18 bits per heavy atom. The van der Waals surface area contributed by atoms with Crippen LogP contribution in [0.4, 0.5) is 10.1 Å². The summed E-state index contributed by atoms with van der Waals surface area (Å²) in [7, 11) is 0. The minimum absolute atomic E-state index is 0.0596. The molecule has 3 N–H and O–H groups in total. The highest BCUT2D eigenvalue weighted by Gasteiger charge is 2.11. The lowest BCUT2D eigenvalue weighted by atomic mass is 10.1. The van der Waals surface area contributed by atoms with Crippen molar-refractivity contribution in [3.05, 3.63) is 29.6 Å². The molecule has 0 aliphatic carbocycles. The monoisotopic (exact) mass is 254 g/mol. The zero-order valence-electron chi connectivity index (χ0n) is 9.79. The molecule has 0 aliphatic heterocycles. The van der Waals surface area contributed by atoms with Gasteiger partial charge in [-0.2, -0.15) is 0 Å². The standard InChI is InChI=1S/C12H15FN2OS/c1-7(2)5-11(16)15-10-4-3-8(13)6-9(10)12(14)17/h3-4,6-7H,5H2,1-2H3,(H2,14,17)(H,15,16). The molecule has 0 radical (unpaired) electrons. The van der Waals surface area contributed by atoms with Crippen molar-refractivity contribution >= 4 is 28.8 Å². The molecule has 3 nitrogen and oxygen atoms in total. The average Bonchev–Trinajstić information content (AvgIpc) is 2.19. The number of carbonyl (C=O) groups is 1. The van der Waals surface area contributed by atoms with E-state index in [1.165, 1.54) is 18.2 Å². The third-order valence-electron chi connectivity index (χ3n) is 2.11. The summed E-state index contributed by atoms with van der Waals surface area (Å²) >= 11 is 4.81. The van der Waals surface area contributed by atoms with Crippen LogP contribution < -0.4 is 11.1 Å². The van der Waals surface area contributed by atoms with Crippen LogP contribution in [0.15, 0.2) is 18.2 Å². The van der Waals surface area contributed by atoms with Gasteiger partial charge in [0.15, 0.2) is 0 Å². The Kier molecular flexibility index (Phi) is 4.57. The van der Waals surface area contributed by atoms with E-state index in [1.54, 1.807) is 0 Å². The number of hydrogen-bond donors (Lipinski definition) is 2. The lowest BCUT2D eigenvalue weighted by molar-refractivity contribution is -0.116. The maximum atomic E-state index is 13.0. The number of carbonyl (C=O) groups excluding carboxylic acids is 1. The number of nitrogens with one attached hydrogen (secondary N) is 1. The molecule has 0 aromatic heterocycles. The summed E-state index contributed by atoms with van der Waals surface area (Å²) in [5.74, 6) is -0.317. The maximum Gasteiger partial charge on any atom is 0.224 e. The lowest BCUT2D eigenvalue weighted by Crippen LogP contribution is -2.18. The molecule has 5 heteroatoms. The van der Waals surface area contributed by atoms with Crippen molar-refractivity contribution in [2.45, 2.75) is 20.3 Å². The second-order valence-corrected chi connectivity index (χ2v) is 4.64. The van der Waals surface area contributed by atoms with Gasteiger partial charge in [-0.15, -0.1) is 0 Å². The van der Waals surface area contributed by atoms with Crippen molar-refractivity contribution in [2.75, 3.05) is 5.32 Å². The van der Waals surface area contributed by atoms with Crippen molar-refractivity contribution in [3.8, 4) is 0 Å². The molecule has 0 saturated heterocycles. The first-order valence-corrected chi connectivity index (χ1v) is 5.70. The predicted molar refractivity (Wildman–Crippen MR) is 70.4 cm³/mol. The molecule has 0 saturated carbocycles. The fourth-order valence-corrected chi connectivity index (χ4v) is 1.57. The van der Waals surface area contributed by atoms with E-state index in [0.29, 0.717) is 17.7 Å². The van der Waals surface area contributed by atoms with Crippen LogP contribution in [-0.2, 0) is 4.79 Å². The van der Waals surface area contributed by atoms with Gasteiger partial charge in [-0.3, -0.25) is 4.79 Å². The van der Waals surface area contributed by atoms with Crippen LogP contribution in [0.2, 0.25) is 0 Å². The topological polar surface area (TPSA) is 55.1 Å². The minimum Gasteiger partial charge on any atom is -0.389 e. The minimum atomic E-state index is -0.436. The maximum absolute atomic E-state index is 13.0. The molecule has 0 fully saturated rings. The van der Waals surface area contributed by atoms with Crippen molar-refractivity contribution < 1.29 is 9.18 Å².